The minimum absolute atomic E-state index is 0.108. The number of carboxylic acid groups (broad SMARTS) is 2. The Hall–Kier alpha value is -3.42. The van der Waals surface area contributed by atoms with E-state index in [9.17, 15) is 29.1 Å². The molecular weight excluding hydrogens is 450 g/mol. The predicted molar refractivity (Wildman–Crippen MR) is 123 cm³/mol. The van der Waals surface area contributed by atoms with Crippen LogP contribution in [0, 0.1) is 11.8 Å². The summed E-state index contributed by atoms with van der Waals surface area (Å²) in [7, 11) is 0. The lowest BCUT2D eigenvalue weighted by molar-refractivity contribution is -0.144. The third-order valence-corrected chi connectivity index (χ3v) is 4.79. The molecule has 0 spiro atoms. The van der Waals surface area contributed by atoms with Crippen molar-refractivity contribution in [3.8, 4) is 0 Å². The number of aliphatic imine (C=N–C) groups is 1. The Balaban J connectivity index is 5.33. The molecule has 0 rings (SSSR count). The van der Waals surface area contributed by atoms with E-state index < -0.39 is 72.1 Å². The van der Waals surface area contributed by atoms with Gasteiger partial charge < -0.3 is 43.4 Å². The summed E-state index contributed by atoms with van der Waals surface area (Å²) in [5, 5.41) is 25.5. The van der Waals surface area contributed by atoms with Crippen LogP contribution in [-0.2, 0) is 24.0 Å². The third kappa shape index (κ3) is 11.4. The monoisotopic (exact) mass is 487 g/mol. The highest BCUT2D eigenvalue weighted by Crippen LogP contribution is 2.08. The molecule has 0 saturated carbocycles. The van der Waals surface area contributed by atoms with Crippen LogP contribution in [0.3, 0.4) is 0 Å². The number of carbonyl (C=O) groups is 5. The summed E-state index contributed by atoms with van der Waals surface area (Å²) in [5.74, 6) is -6.03. The van der Waals surface area contributed by atoms with Crippen molar-refractivity contribution >= 4 is 35.6 Å². The maximum atomic E-state index is 12.8. The molecule has 0 bridgehead atoms. The lowest BCUT2D eigenvalue weighted by Crippen LogP contribution is -2.59. The summed E-state index contributed by atoms with van der Waals surface area (Å²) in [6.45, 7) is 6.70. The van der Waals surface area contributed by atoms with Crippen LogP contribution in [0.1, 0.15) is 47.0 Å². The average molecular weight is 488 g/mol. The summed E-state index contributed by atoms with van der Waals surface area (Å²) in [6, 6.07) is -4.92. The lowest BCUT2D eigenvalue weighted by Gasteiger charge is -2.27. The highest BCUT2D eigenvalue weighted by atomic mass is 16.4. The van der Waals surface area contributed by atoms with Crippen LogP contribution in [0.25, 0.3) is 0 Å². The first-order valence-electron chi connectivity index (χ1n) is 10.8. The van der Waals surface area contributed by atoms with Gasteiger partial charge in [0.05, 0.1) is 12.5 Å². The number of carbonyl (C=O) groups excluding carboxylic acids is 3. The van der Waals surface area contributed by atoms with Crippen molar-refractivity contribution in [2.45, 2.75) is 71.1 Å². The van der Waals surface area contributed by atoms with Crippen molar-refractivity contribution in [2.75, 3.05) is 6.54 Å². The van der Waals surface area contributed by atoms with Crippen LogP contribution in [0.15, 0.2) is 4.99 Å². The molecule has 4 unspecified atom stereocenters. The minimum Gasteiger partial charge on any atom is -0.481 e. The summed E-state index contributed by atoms with van der Waals surface area (Å²) in [5.41, 5.74) is 16.2. The summed E-state index contributed by atoms with van der Waals surface area (Å²) >= 11 is 0. The second-order valence-electron chi connectivity index (χ2n) is 8.51. The fourth-order valence-corrected chi connectivity index (χ4v) is 2.86. The van der Waals surface area contributed by atoms with Gasteiger partial charge in [0.1, 0.15) is 18.1 Å². The number of guanidine groups is 1. The molecule has 194 valence electrons. The fraction of sp³-hybridized carbons (Fsp3) is 0.700. The van der Waals surface area contributed by atoms with Gasteiger partial charge in [0.25, 0.3) is 0 Å². The maximum Gasteiger partial charge on any atom is 0.326 e. The van der Waals surface area contributed by atoms with E-state index in [0.717, 1.165) is 0 Å². The number of carboxylic acids is 2. The molecule has 0 radical (unpaired) electrons. The Bertz CT molecular complexity index is 766. The number of nitrogens with one attached hydrogen (secondary N) is 3. The van der Waals surface area contributed by atoms with Crippen LogP contribution < -0.4 is 33.2 Å². The van der Waals surface area contributed by atoms with Gasteiger partial charge in [-0.15, -0.1) is 0 Å². The van der Waals surface area contributed by atoms with E-state index in [0.29, 0.717) is 6.42 Å². The summed E-state index contributed by atoms with van der Waals surface area (Å²) in [4.78, 5) is 64.2. The van der Waals surface area contributed by atoms with Crippen LogP contribution in [0.5, 0.6) is 0 Å². The lowest BCUT2D eigenvalue weighted by atomic mass is 9.99. The topological polar surface area (TPSA) is 252 Å². The maximum absolute atomic E-state index is 12.8. The number of hydrogen-bond donors (Lipinski definition) is 8. The molecule has 0 saturated heterocycles. The van der Waals surface area contributed by atoms with E-state index >= 15 is 0 Å². The molecule has 0 aliphatic rings. The smallest absolute Gasteiger partial charge is 0.326 e. The normalized spacial score (nSPS) is 14.4. The van der Waals surface area contributed by atoms with Gasteiger partial charge in [-0.2, -0.15) is 0 Å². The van der Waals surface area contributed by atoms with Gasteiger partial charge in [-0.05, 0) is 24.7 Å². The van der Waals surface area contributed by atoms with Crippen LogP contribution >= 0.6 is 0 Å². The number of hydrogen-bond acceptors (Lipinski definition) is 7. The average Bonchev–Trinajstić information content (AvgIpc) is 2.70. The van der Waals surface area contributed by atoms with Gasteiger partial charge in [0.2, 0.25) is 17.7 Å². The molecule has 0 aromatic carbocycles. The van der Waals surface area contributed by atoms with Crippen molar-refractivity contribution in [2.24, 2.45) is 34.0 Å². The second-order valence-corrected chi connectivity index (χ2v) is 8.51. The summed E-state index contributed by atoms with van der Waals surface area (Å²) < 4.78 is 0. The fourth-order valence-electron chi connectivity index (χ4n) is 2.86. The number of nitrogens with two attached hydrogens (primary N) is 3. The third-order valence-electron chi connectivity index (χ3n) is 4.79. The molecule has 0 aliphatic carbocycles. The number of amides is 3. The Labute approximate surface area is 198 Å². The van der Waals surface area contributed by atoms with Gasteiger partial charge in [-0.25, -0.2) is 4.79 Å². The zero-order valence-electron chi connectivity index (χ0n) is 19.9. The Morgan fingerprint density at radius 1 is 0.824 bits per heavy atom. The van der Waals surface area contributed by atoms with Gasteiger partial charge >= 0.3 is 11.9 Å². The first-order chi connectivity index (χ1) is 15.7. The first kappa shape index (κ1) is 30.6. The Morgan fingerprint density at radius 3 is 1.79 bits per heavy atom. The molecule has 4 atom stereocenters. The molecule has 11 N–H and O–H groups in total. The molecule has 14 nitrogen and oxygen atoms in total. The highest BCUT2D eigenvalue weighted by molar-refractivity contribution is 5.95. The molecule has 34 heavy (non-hydrogen) atoms. The molecule has 0 fully saturated rings. The van der Waals surface area contributed by atoms with Gasteiger partial charge in [-0.1, -0.05) is 27.7 Å². The van der Waals surface area contributed by atoms with Crippen molar-refractivity contribution in [1.82, 2.24) is 16.0 Å². The molecule has 0 aliphatic heterocycles. The van der Waals surface area contributed by atoms with Crippen LogP contribution in [0.2, 0.25) is 0 Å². The molecular formula is C20H37N7O7. The van der Waals surface area contributed by atoms with Crippen LogP contribution in [0.4, 0.5) is 0 Å². The number of aliphatic carboxylic acids is 2. The number of nitrogens with zero attached hydrogens (tertiary/aromatic N) is 1. The Morgan fingerprint density at radius 2 is 1.35 bits per heavy atom. The van der Waals surface area contributed by atoms with E-state index in [1.54, 1.807) is 27.7 Å². The zero-order valence-corrected chi connectivity index (χ0v) is 19.9. The predicted octanol–water partition coefficient (Wildman–Crippen LogP) is -2.31. The SMILES string of the molecule is CC(C)C(NC(=O)C(NC(=O)C(CC(=O)O)NC(=O)C(N)CCCN=C(N)N)C(C)C)C(=O)O. The van der Waals surface area contributed by atoms with Crippen molar-refractivity contribution in [3.63, 3.8) is 0 Å². The van der Waals surface area contributed by atoms with E-state index in [2.05, 4.69) is 20.9 Å². The number of rotatable bonds is 15. The van der Waals surface area contributed by atoms with E-state index in [1.807, 2.05) is 0 Å². The molecule has 0 heterocycles. The minimum atomic E-state index is -1.51. The van der Waals surface area contributed by atoms with Gasteiger partial charge in [-0.3, -0.25) is 24.2 Å². The van der Waals surface area contributed by atoms with E-state index in [4.69, 9.17) is 22.3 Å². The van der Waals surface area contributed by atoms with Gasteiger partial charge in [0.15, 0.2) is 5.96 Å². The quantitative estimate of drug-likeness (QED) is 0.0695. The second kappa shape index (κ2) is 14.7. The van der Waals surface area contributed by atoms with Crippen molar-refractivity contribution in [1.29, 1.82) is 0 Å². The first-order valence-corrected chi connectivity index (χ1v) is 10.8. The van der Waals surface area contributed by atoms with Gasteiger partial charge in [0, 0.05) is 6.54 Å². The van der Waals surface area contributed by atoms with E-state index in [1.165, 1.54) is 0 Å². The van der Waals surface area contributed by atoms with Crippen molar-refractivity contribution < 1.29 is 34.2 Å². The molecule has 3 amide bonds. The standard InChI is InChI=1S/C20H37N7O7/c1-9(2)14(18(32)27-15(10(3)4)19(33)34)26-17(31)12(8-13(28)29)25-16(30)11(21)6-5-7-24-20(22)23/h9-12,14-15H,5-8,21H2,1-4H3,(H,25,30)(H,26,31)(H,27,32)(H,28,29)(H,33,34)(H4,22,23,24). The van der Waals surface area contributed by atoms with E-state index in [-0.39, 0.29) is 18.9 Å². The zero-order chi connectivity index (χ0) is 26.6. The molecule has 0 aromatic heterocycles. The largest absolute Gasteiger partial charge is 0.481 e. The molecule has 0 aromatic rings. The summed E-state index contributed by atoms with van der Waals surface area (Å²) in [6.07, 6.45) is -0.209. The molecule has 14 heteroatoms. The highest BCUT2D eigenvalue weighted by Gasteiger charge is 2.33. The van der Waals surface area contributed by atoms with Crippen LogP contribution in [-0.4, -0.2) is 76.5 Å². The van der Waals surface area contributed by atoms with Crippen molar-refractivity contribution in [3.05, 3.63) is 0 Å². The Kier molecular flexibility index (Phi) is 13.2.